The lowest BCUT2D eigenvalue weighted by Gasteiger charge is -2.18. The van der Waals surface area contributed by atoms with E-state index in [2.05, 4.69) is 15.4 Å². The number of hydrogen-bond acceptors (Lipinski definition) is 9. The summed E-state index contributed by atoms with van der Waals surface area (Å²) in [4.78, 5) is 34.7. The zero-order valence-electron chi connectivity index (χ0n) is 14.4. The lowest BCUT2D eigenvalue weighted by molar-refractivity contribution is -0.151. The smallest absolute Gasteiger partial charge is 0.378 e. The van der Waals surface area contributed by atoms with Gasteiger partial charge in [-0.05, 0) is 12.8 Å². The minimum absolute atomic E-state index is 0.0585. The molecule has 0 aromatic rings. The van der Waals surface area contributed by atoms with E-state index in [1.165, 1.54) is 0 Å². The number of ether oxygens (including phenoxy) is 2. The number of amides is 2. The maximum absolute atomic E-state index is 12.0. The topological polar surface area (TPSA) is 154 Å². The Kier molecular flexibility index (Phi) is 6.12. The van der Waals surface area contributed by atoms with Crippen LogP contribution in [0.1, 0.15) is 25.7 Å². The van der Waals surface area contributed by atoms with Crippen molar-refractivity contribution in [3.63, 3.8) is 0 Å². The predicted molar refractivity (Wildman–Crippen MR) is 92.7 cm³/mol. The molecule has 3 heterocycles. The number of hydrogen-bond donors (Lipinski definition) is 5. The Morgan fingerprint density at radius 3 is 2.85 bits per heavy atom. The number of cyclic esters (lactones) is 1. The van der Waals surface area contributed by atoms with Gasteiger partial charge in [-0.1, -0.05) is 6.42 Å². The van der Waals surface area contributed by atoms with Gasteiger partial charge < -0.3 is 35.4 Å². The molecule has 0 unspecified atom stereocenters. The van der Waals surface area contributed by atoms with Crippen LogP contribution in [0.25, 0.3) is 0 Å². The first kappa shape index (κ1) is 19.8. The van der Waals surface area contributed by atoms with Crippen molar-refractivity contribution < 1.29 is 39.2 Å². The van der Waals surface area contributed by atoms with Crippen LogP contribution < -0.4 is 10.6 Å². The second-order valence-electron chi connectivity index (χ2n) is 6.63. The van der Waals surface area contributed by atoms with Gasteiger partial charge in [-0.3, -0.25) is 4.79 Å². The van der Waals surface area contributed by atoms with Crippen molar-refractivity contribution in [1.29, 1.82) is 0 Å². The second-order valence-corrected chi connectivity index (χ2v) is 7.90. The molecule has 27 heavy (non-hydrogen) atoms. The van der Waals surface area contributed by atoms with Crippen LogP contribution in [0.4, 0.5) is 4.79 Å². The zero-order chi connectivity index (χ0) is 19.6. The molecular formula is C16H22N2O8S. The number of rotatable bonds is 8. The first-order valence-corrected chi connectivity index (χ1v) is 9.78. The highest BCUT2D eigenvalue weighted by Gasteiger charge is 2.43. The van der Waals surface area contributed by atoms with E-state index in [9.17, 15) is 24.6 Å². The normalized spacial score (nSPS) is 30.6. The van der Waals surface area contributed by atoms with Gasteiger partial charge in [0.25, 0.3) is 0 Å². The van der Waals surface area contributed by atoms with Gasteiger partial charge in [-0.15, -0.1) is 0 Å². The van der Waals surface area contributed by atoms with Crippen molar-refractivity contribution in [3.8, 4) is 0 Å². The van der Waals surface area contributed by atoms with E-state index in [1.807, 2.05) is 0 Å². The van der Waals surface area contributed by atoms with Crippen LogP contribution in [0.5, 0.6) is 0 Å². The van der Waals surface area contributed by atoms with E-state index in [-0.39, 0.29) is 24.5 Å². The van der Waals surface area contributed by atoms with Gasteiger partial charge in [0.15, 0.2) is 6.10 Å². The van der Waals surface area contributed by atoms with Crippen molar-refractivity contribution in [2.75, 3.05) is 12.4 Å². The van der Waals surface area contributed by atoms with Gasteiger partial charge in [0.1, 0.15) is 6.10 Å². The number of esters is 2. The quantitative estimate of drug-likeness (QED) is 0.201. The summed E-state index contributed by atoms with van der Waals surface area (Å²) in [6.07, 6.45) is -0.730. The highest BCUT2D eigenvalue weighted by molar-refractivity contribution is 8.00. The average Bonchev–Trinajstić information content (AvgIpc) is 3.27. The van der Waals surface area contributed by atoms with Crippen LogP contribution in [0.15, 0.2) is 11.5 Å². The maximum atomic E-state index is 12.0. The standard InChI is InChI=1S/C16H22N2O8S/c19-5-8(20)13-14(12(22)15(23)26-13)25-10(21)4-2-1-3-9-11-7(6-27-9)17-16(24)18-11/h7-9,11,13,19-20,22H,1-6H2,(H2,17,18,24)/t7-,8-,9-,11-,13+/m0/s1. The molecule has 2 amide bonds. The Bertz CT molecular complexity index is 654. The fraction of sp³-hybridized carbons (Fsp3) is 0.688. The highest BCUT2D eigenvalue weighted by Crippen LogP contribution is 2.33. The molecule has 0 aliphatic carbocycles. The summed E-state index contributed by atoms with van der Waals surface area (Å²) in [6.45, 7) is -0.723. The SMILES string of the molecule is O=C1N[C@H]2[C@H](CS[C@H]2CCCCC(=O)OC2=C(O)C(=O)O[C@@H]2[C@@H](O)CO)N1. The van der Waals surface area contributed by atoms with E-state index in [0.29, 0.717) is 11.7 Å². The Balaban J connectivity index is 1.42. The summed E-state index contributed by atoms with van der Waals surface area (Å²) in [6, 6.07) is 0.126. The van der Waals surface area contributed by atoms with Crippen LogP contribution in [-0.2, 0) is 19.1 Å². The zero-order valence-corrected chi connectivity index (χ0v) is 15.2. The Hall–Kier alpha value is -1.98. The number of carbonyl (C=O) groups is 3. The van der Waals surface area contributed by atoms with Crippen molar-refractivity contribution in [1.82, 2.24) is 10.6 Å². The van der Waals surface area contributed by atoms with Crippen LogP contribution in [0.3, 0.4) is 0 Å². The van der Waals surface area contributed by atoms with Gasteiger partial charge in [0, 0.05) is 17.4 Å². The minimum atomic E-state index is -1.50. The van der Waals surface area contributed by atoms with Gasteiger partial charge in [0.05, 0.1) is 18.7 Å². The largest absolute Gasteiger partial charge is 0.499 e. The number of aliphatic hydroxyl groups is 3. The highest BCUT2D eigenvalue weighted by atomic mass is 32.2. The van der Waals surface area contributed by atoms with Gasteiger partial charge >= 0.3 is 18.0 Å². The fourth-order valence-corrected chi connectivity index (χ4v) is 4.89. The lowest BCUT2D eigenvalue weighted by atomic mass is 10.0. The summed E-state index contributed by atoms with van der Waals surface area (Å²) < 4.78 is 9.67. The summed E-state index contributed by atoms with van der Waals surface area (Å²) >= 11 is 1.79. The molecule has 150 valence electrons. The first-order valence-electron chi connectivity index (χ1n) is 8.73. The summed E-state index contributed by atoms with van der Waals surface area (Å²) in [5.74, 6) is -2.26. The number of aliphatic hydroxyl groups excluding tert-OH is 3. The number of unbranched alkanes of at least 4 members (excludes halogenated alkanes) is 1. The molecule has 2 fully saturated rings. The van der Waals surface area contributed by atoms with Crippen molar-refractivity contribution >= 4 is 29.7 Å². The van der Waals surface area contributed by atoms with Gasteiger partial charge in [-0.25, -0.2) is 9.59 Å². The molecule has 0 aromatic heterocycles. The second kappa shape index (κ2) is 8.36. The number of carbonyl (C=O) groups excluding carboxylic acids is 3. The van der Waals surface area contributed by atoms with Gasteiger partial charge in [0.2, 0.25) is 11.5 Å². The number of urea groups is 1. The van der Waals surface area contributed by atoms with E-state index in [1.54, 1.807) is 11.8 Å². The summed E-state index contributed by atoms with van der Waals surface area (Å²) in [7, 11) is 0. The molecule has 0 bridgehead atoms. The third-order valence-electron chi connectivity index (χ3n) is 4.74. The molecule has 3 rings (SSSR count). The van der Waals surface area contributed by atoms with Crippen molar-refractivity contribution in [2.45, 2.75) is 55.2 Å². The molecule has 0 saturated carbocycles. The Morgan fingerprint density at radius 1 is 1.33 bits per heavy atom. The molecule has 5 N–H and O–H groups in total. The Labute approximate surface area is 159 Å². The molecule has 3 aliphatic heterocycles. The average molecular weight is 402 g/mol. The molecule has 5 atom stereocenters. The number of thioether (sulfide) groups is 1. The molecule has 2 saturated heterocycles. The Morgan fingerprint density at radius 2 is 2.11 bits per heavy atom. The fourth-order valence-electron chi connectivity index (χ4n) is 3.35. The minimum Gasteiger partial charge on any atom is -0.499 e. The maximum Gasteiger partial charge on any atom is 0.378 e. The molecule has 0 aromatic carbocycles. The molecule has 0 radical (unpaired) electrons. The monoisotopic (exact) mass is 402 g/mol. The van der Waals surface area contributed by atoms with E-state index in [4.69, 9.17) is 9.84 Å². The number of fused-ring (bicyclic) bond motifs is 1. The summed E-state index contributed by atoms with van der Waals surface area (Å²) in [5.41, 5.74) is 0. The van der Waals surface area contributed by atoms with E-state index >= 15 is 0 Å². The third kappa shape index (κ3) is 4.30. The van der Waals surface area contributed by atoms with Crippen molar-refractivity contribution in [3.05, 3.63) is 11.5 Å². The van der Waals surface area contributed by atoms with E-state index < -0.39 is 42.3 Å². The van der Waals surface area contributed by atoms with E-state index in [0.717, 1.165) is 18.6 Å². The van der Waals surface area contributed by atoms with Crippen molar-refractivity contribution in [2.24, 2.45) is 0 Å². The van der Waals surface area contributed by atoms with Crippen LogP contribution >= 0.6 is 11.8 Å². The predicted octanol–water partition coefficient (Wildman–Crippen LogP) is -0.696. The molecule has 10 nitrogen and oxygen atoms in total. The third-order valence-corrected chi connectivity index (χ3v) is 6.25. The molecular weight excluding hydrogens is 380 g/mol. The molecule has 11 heteroatoms. The van der Waals surface area contributed by atoms with Crippen LogP contribution in [0.2, 0.25) is 0 Å². The van der Waals surface area contributed by atoms with Crippen LogP contribution in [-0.4, -0.2) is 75.2 Å². The molecule has 0 spiro atoms. The first-order chi connectivity index (χ1) is 12.9. The summed E-state index contributed by atoms with van der Waals surface area (Å²) in [5, 5.41) is 34.3. The molecule has 3 aliphatic rings. The van der Waals surface area contributed by atoms with Crippen LogP contribution in [0, 0.1) is 0 Å². The lowest BCUT2D eigenvalue weighted by Crippen LogP contribution is -2.36. The number of nitrogens with one attached hydrogen (secondary N) is 2. The van der Waals surface area contributed by atoms with Gasteiger partial charge in [-0.2, -0.15) is 11.8 Å².